The maximum atomic E-state index is 11.6. The topological polar surface area (TPSA) is 99.0 Å². The van der Waals surface area contributed by atoms with Crippen LogP contribution in [-0.4, -0.2) is 53.2 Å². The summed E-state index contributed by atoms with van der Waals surface area (Å²) in [6.45, 7) is 0.00220. The van der Waals surface area contributed by atoms with Crippen LogP contribution in [0.3, 0.4) is 0 Å². The molecule has 0 saturated heterocycles. The minimum Gasteiger partial charge on any atom is -0.484 e. The number of amides is 1. The van der Waals surface area contributed by atoms with Crippen LogP contribution in [0.1, 0.15) is 5.56 Å². The first-order valence-corrected chi connectivity index (χ1v) is 5.88. The molecule has 0 bridgehead atoms. The smallest absolute Gasteiger partial charge is 0.258 e. The molecule has 6 heteroatoms. The Bertz CT molecular complexity index is 392. The zero-order chi connectivity index (χ0) is 14.3. The fraction of sp³-hybridized carbons (Fsp3) is 0.462. The van der Waals surface area contributed by atoms with Gasteiger partial charge in [-0.1, -0.05) is 17.7 Å². The maximum absolute atomic E-state index is 11.6. The highest BCUT2D eigenvalue weighted by Crippen LogP contribution is 2.11. The van der Waals surface area contributed by atoms with E-state index in [4.69, 9.17) is 20.1 Å². The predicted molar refractivity (Wildman–Crippen MR) is 68.8 cm³/mol. The molecule has 1 aromatic rings. The number of benzene rings is 1. The van der Waals surface area contributed by atoms with E-state index in [9.17, 15) is 4.79 Å². The van der Waals surface area contributed by atoms with Crippen LogP contribution in [-0.2, 0) is 4.79 Å². The SMILES string of the molecule is Cc1ccc(OCC(=O)NC(CO)(CO)CO)cc1. The molecule has 19 heavy (non-hydrogen) atoms. The van der Waals surface area contributed by atoms with Crippen molar-refractivity contribution in [2.45, 2.75) is 12.5 Å². The molecule has 0 saturated carbocycles. The third-order valence-electron chi connectivity index (χ3n) is 2.70. The Morgan fingerprint density at radius 1 is 1.16 bits per heavy atom. The van der Waals surface area contributed by atoms with Gasteiger partial charge in [0.05, 0.1) is 19.8 Å². The van der Waals surface area contributed by atoms with E-state index in [1.165, 1.54) is 0 Å². The number of aliphatic hydroxyl groups is 3. The molecule has 0 unspecified atom stereocenters. The van der Waals surface area contributed by atoms with Crippen molar-refractivity contribution in [3.63, 3.8) is 0 Å². The summed E-state index contributed by atoms with van der Waals surface area (Å²) in [5.41, 5.74) is -0.343. The van der Waals surface area contributed by atoms with Crippen molar-refractivity contribution in [3.05, 3.63) is 29.8 Å². The molecular weight excluding hydrogens is 250 g/mol. The van der Waals surface area contributed by atoms with Crippen LogP contribution in [0.5, 0.6) is 5.75 Å². The van der Waals surface area contributed by atoms with Crippen LogP contribution in [0.15, 0.2) is 24.3 Å². The number of aryl methyl sites for hydroxylation is 1. The second kappa shape index (κ2) is 7.08. The summed E-state index contributed by atoms with van der Waals surface area (Å²) >= 11 is 0. The van der Waals surface area contributed by atoms with Crippen LogP contribution >= 0.6 is 0 Å². The molecule has 106 valence electrons. The largest absolute Gasteiger partial charge is 0.484 e. The Balaban J connectivity index is 2.49. The molecule has 6 nitrogen and oxygen atoms in total. The molecule has 1 amide bonds. The molecular formula is C13H19NO5. The van der Waals surface area contributed by atoms with Gasteiger partial charge in [-0.15, -0.1) is 0 Å². The molecule has 0 aliphatic rings. The zero-order valence-electron chi connectivity index (χ0n) is 10.8. The van der Waals surface area contributed by atoms with Crippen molar-refractivity contribution >= 4 is 5.91 Å². The molecule has 4 N–H and O–H groups in total. The molecule has 0 spiro atoms. The summed E-state index contributed by atoms with van der Waals surface area (Å²) in [6.07, 6.45) is 0. The minimum atomic E-state index is -1.42. The number of hydrogen-bond donors (Lipinski definition) is 4. The second-order valence-corrected chi connectivity index (χ2v) is 4.40. The predicted octanol–water partition coefficient (Wildman–Crippen LogP) is -0.794. The van der Waals surface area contributed by atoms with Gasteiger partial charge in [-0.3, -0.25) is 4.79 Å². The lowest BCUT2D eigenvalue weighted by Crippen LogP contribution is -2.58. The average molecular weight is 269 g/mol. The highest BCUT2D eigenvalue weighted by molar-refractivity contribution is 5.78. The Kier molecular flexibility index (Phi) is 5.75. The maximum Gasteiger partial charge on any atom is 0.258 e. The fourth-order valence-electron chi connectivity index (χ4n) is 1.38. The lowest BCUT2D eigenvalue weighted by atomic mass is 10.0. The molecule has 0 aliphatic carbocycles. The van der Waals surface area contributed by atoms with Gasteiger partial charge in [0.2, 0.25) is 0 Å². The van der Waals surface area contributed by atoms with Gasteiger partial charge in [-0.25, -0.2) is 0 Å². The first-order chi connectivity index (χ1) is 9.05. The summed E-state index contributed by atoms with van der Waals surface area (Å²) in [6, 6.07) is 7.18. The van der Waals surface area contributed by atoms with E-state index in [0.717, 1.165) is 5.56 Å². The lowest BCUT2D eigenvalue weighted by Gasteiger charge is -2.28. The van der Waals surface area contributed by atoms with E-state index in [1.54, 1.807) is 12.1 Å². The molecule has 0 aliphatic heterocycles. The van der Waals surface area contributed by atoms with E-state index in [0.29, 0.717) is 5.75 Å². The van der Waals surface area contributed by atoms with Gasteiger partial charge in [0.25, 0.3) is 5.91 Å². The number of carbonyl (C=O) groups excluding carboxylic acids is 1. The van der Waals surface area contributed by atoms with Crippen LogP contribution in [0.2, 0.25) is 0 Å². The number of hydrogen-bond acceptors (Lipinski definition) is 5. The summed E-state index contributed by atoms with van der Waals surface area (Å²) in [5, 5.41) is 29.5. The standard InChI is InChI=1S/C13H19NO5/c1-10-2-4-11(5-3-10)19-6-12(18)14-13(7-15,8-16)9-17/h2-5,15-17H,6-9H2,1H3,(H,14,18). The third kappa shape index (κ3) is 4.51. The quantitative estimate of drug-likeness (QED) is 0.520. The summed E-state index contributed by atoms with van der Waals surface area (Å²) in [5.74, 6) is 0.0149. The Labute approximate surface area is 111 Å². The summed E-state index contributed by atoms with van der Waals surface area (Å²) in [4.78, 5) is 11.6. The molecule has 1 rings (SSSR count). The molecule has 1 aromatic carbocycles. The van der Waals surface area contributed by atoms with Crippen LogP contribution in [0.25, 0.3) is 0 Å². The van der Waals surface area contributed by atoms with Gasteiger partial charge in [0, 0.05) is 0 Å². The number of aliphatic hydroxyl groups excluding tert-OH is 3. The van der Waals surface area contributed by atoms with E-state index < -0.39 is 31.3 Å². The van der Waals surface area contributed by atoms with Crippen molar-refractivity contribution in [2.75, 3.05) is 26.4 Å². The van der Waals surface area contributed by atoms with E-state index >= 15 is 0 Å². The normalized spacial score (nSPS) is 11.2. The Morgan fingerprint density at radius 2 is 1.68 bits per heavy atom. The van der Waals surface area contributed by atoms with E-state index in [1.807, 2.05) is 19.1 Å². The van der Waals surface area contributed by atoms with Crippen molar-refractivity contribution < 1.29 is 24.9 Å². The van der Waals surface area contributed by atoms with Gasteiger partial charge < -0.3 is 25.4 Å². The lowest BCUT2D eigenvalue weighted by molar-refractivity contribution is -0.127. The van der Waals surface area contributed by atoms with E-state index in [-0.39, 0.29) is 6.61 Å². The summed E-state index contributed by atoms with van der Waals surface area (Å²) < 4.78 is 5.25. The minimum absolute atomic E-state index is 0.259. The third-order valence-corrected chi connectivity index (χ3v) is 2.70. The van der Waals surface area contributed by atoms with Crippen molar-refractivity contribution in [1.82, 2.24) is 5.32 Å². The first kappa shape index (κ1) is 15.4. The van der Waals surface area contributed by atoms with Crippen LogP contribution in [0.4, 0.5) is 0 Å². The number of ether oxygens (including phenoxy) is 1. The number of carbonyl (C=O) groups is 1. The fourth-order valence-corrected chi connectivity index (χ4v) is 1.38. The average Bonchev–Trinajstić information content (AvgIpc) is 2.44. The Hall–Kier alpha value is -1.63. The van der Waals surface area contributed by atoms with Crippen molar-refractivity contribution in [3.8, 4) is 5.75 Å². The van der Waals surface area contributed by atoms with Crippen molar-refractivity contribution in [1.29, 1.82) is 0 Å². The monoisotopic (exact) mass is 269 g/mol. The van der Waals surface area contributed by atoms with Crippen molar-refractivity contribution in [2.24, 2.45) is 0 Å². The van der Waals surface area contributed by atoms with Gasteiger partial charge in [0.1, 0.15) is 11.3 Å². The second-order valence-electron chi connectivity index (χ2n) is 4.40. The highest BCUT2D eigenvalue weighted by Gasteiger charge is 2.29. The van der Waals surface area contributed by atoms with Crippen LogP contribution in [0, 0.1) is 6.92 Å². The zero-order valence-corrected chi connectivity index (χ0v) is 10.8. The van der Waals surface area contributed by atoms with Gasteiger partial charge in [-0.2, -0.15) is 0 Å². The van der Waals surface area contributed by atoms with Gasteiger partial charge in [0.15, 0.2) is 6.61 Å². The highest BCUT2D eigenvalue weighted by atomic mass is 16.5. The number of rotatable bonds is 7. The molecule has 0 atom stereocenters. The van der Waals surface area contributed by atoms with Crippen LogP contribution < -0.4 is 10.1 Å². The van der Waals surface area contributed by atoms with Gasteiger partial charge >= 0.3 is 0 Å². The summed E-state index contributed by atoms with van der Waals surface area (Å²) in [7, 11) is 0. The molecule has 0 fully saturated rings. The van der Waals surface area contributed by atoms with Gasteiger partial charge in [-0.05, 0) is 19.1 Å². The Morgan fingerprint density at radius 3 is 2.16 bits per heavy atom. The van der Waals surface area contributed by atoms with E-state index in [2.05, 4.69) is 5.32 Å². The molecule has 0 aromatic heterocycles. The number of nitrogens with one attached hydrogen (secondary N) is 1. The molecule has 0 radical (unpaired) electrons. The molecule has 0 heterocycles. The first-order valence-electron chi connectivity index (χ1n) is 5.88.